The minimum atomic E-state index is -1.71. The lowest BCUT2D eigenvalue weighted by molar-refractivity contribution is 0.394. The number of hydrogen-bond donors (Lipinski definition) is 2. The normalized spacial score (nSPS) is 22.7. The summed E-state index contributed by atoms with van der Waals surface area (Å²) < 4.78 is -1.71. The number of nitrogens with zero attached hydrogens (tertiary/aromatic N) is 3. The Kier molecular flexibility index (Phi) is 3.88. The van der Waals surface area contributed by atoms with Crippen molar-refractivity contribution in [2.45, 2.75) is 35.0 Å². The molecule has 0 spiro atoms. The first kappa shape index (κ1) is 16.3. The van der Waals surface area contributed by atoms with E-state index < -0.39 is 3.79 Å². The number of rotatable bonds is 0. The smallest absolute Gasteiger partial charge is 0.250 e. The molecule has 0 radical (unpaired) electrons. The Morgan fingerprint density at radius 2 is 1.88 bits per heavy atom. The van der Waals surface area contributed by atoms with E-state index in [-0.39, 0.29) is 11.4 Å². The van der Waals surface area contributed by atoms with Crippen LogP contribution in [0.5, 0.6) is 0 Å². The third-order valence-electron chi connectivity index (χ3n) is 4.49. The molecule has 0 saturated heterocycles. The van der Waals surface area contributed by atoms with Gasteiger partial charge in [-0.1, -0.05) is 40.9 Å². The summed E-state index contributed by atoms with van der Waals surface area (Å²) in [5.41, 5.74) is 9.63. The lowest BCUT2D eigenvalue weighted by atomic mass is 9.82. The maximum Gasteiger partial charge on any atom is 0.250 e. The zero-order chi connectivity index (χ0) is 16.9. The van der Waals surface area contributed by atoms with Crippen LogP contribution in [0.2, 0.25) is 0 Å². The molecule has 24 heavy (non-hydrogen) atoms. The van der Waals surface area contributed by atoms with E-state index >= 15 is 0 Å². The highest BCUT2D eigenvalue weighted by atomic mass is 35.6. The molecular formula is C16H16Cl3N5. The lowest BCUT2D eigenvalue weighted by Crippen LogP contribution is -2.49. The number of nitrogens with one attached hydrogen (secondary N) is 1. The summed E-state index contributed by atoms with van der Waals surface area (Å²) in [4.78, 5) is 13.1. The van der Waals surface area contributed by atoms with E-state index in [0.717, 1.165) is 31.2 Å². The van der Waals surface area contributed by atoms with Gasteiger partial charge in [-0.3, -0.25) is 0 Å². The lowest BCUT2D eigenvalue weighted by Gasteiger charge is -2.33. The molecule has 0 amide bonds. The molecule has 1 aliphatic carbocycles. The Hall–Kier alpha value is -1.14. The quantitative estimate of drug-likeness (QED) is 0.681. The highest BCUT2D eigenvalue weighted by Gasteiger charge is 2.31. The van der Waals surface area contributed by atoms with E-state index in [1.165, 1.54) is 11.1 Å². The first-order valence-electron chi connectivity index (χ1n) is 7.80. The van der Waals surface area contributed by atoms with Gasteiger partial charge in [0.05, 0.1) is 0 Å². The van der Waals surface area contributed by atoms with E-state index in [2.05, 4.69) is 38.5 Å². The van der Waals surface area contributed by atoms with Crippen molar-refractivity contribution in [2.75, 3.05) is 11.9 Å². The van der Waals surface area contributed by atoms with Gasteiger partial charge in [0.2, 0.25) is 9.74 Å². The van der Waals surface area contributed by atoms with Crippen LogP contribution in [-0.2, 0) is 16.6 Å². The van der Waals surface area contributed by atoms with E-state index in [1.807, 2.05) is 0 Å². The van der Waals surface area contributed by atoms with E-state index in [4.69, 9.17) is 40.5 Å². The van der Waals surface area contributed by atoms with Crippen LogP contribution in [0.3, 0.4) is 0 Å². The Morgan fingerprint density at radius 1 is 1.08 bits per heavy atom. The maximum absolute atomic E-state index is 6.65. The fourth-order valence-electron chi connectivity index (χ4n) is 3.39. The van der Waals surface area contributed by atoms with E-state index in [0.29, 0.717) is 18.3 Å². The first-order chi connectivity index (χ1) is 11.3. The maximum atomic E-state index is 6.65. The van der Waals surface area contributed by atoms with Crippen molar-refractivity contribution in [3.05, 3.63) is 35.2 Å². The van der Waals surface area contributed by atoms with Crippen molar-refractivity contribution in [3.8, 4) is 11.4 Å². The Morgan fingerprint density at radius 3 is 2.67 bits per heavy atom. The van der Waals surface area contributed by atoms with Gasteiger partial charge in [-0.05, 0) is 48.9 Å². The summed E-state index contributed by atoms with van der Waals surface area (Å²) >= 11 is 18.0. The molecule has 6 bridgehead atoms. The number of aryl methyl sites for hydroxylation is 1. The zero-order valence-electron chi connectivity index (χ0n) is 12.8. The summed E-state index contributed by atoms with van der Waals surface area (Å²) in [6.45, 7) is 0.551. The molecule has 1 aromatic carbocycles. The summed E-state index contributed by atoms with van der Waals surface area (Å²) in [6.07, 6.45) is 3.74. The molecule has 2 aliphatic rings. The topological polar surface area (TPSA) is 76.7 Å². The second-order valence-electron chi connectivity index (χ2n) is 6.59. The Bertz CT molecular complexity index is 805. The van der Waals surface area contributed by atoms with Gasteiger partial charge in [-0.25, -0.2) is 4.98 Å². The van der Waals surface area contributed by atoms with Crippen LogP contribution in [0.4, 0.5) is 5.95 Å². The number of hydrogen-bond acceptors (Lipinski definition) is 5. The van der Waals surface area contributed by atoms with Gasteiger partial charge in [-0.15, -0.1) is 0 Å². The fraction of sp³-hybridized carbons (Fsp3) is 0.438. The average Bonchev–Trinajstić information content (AvgIpc) is 2.50. The van der Waals surface area contributed by atoms with Crippen LogP contribution in [-0.4, -0.2) is 27.0 Å². The molecule has 0 fully saturated rings. The molecule has 8 heteroatoms. The number of aromatic nitrogens is 3. The Labute approximate surface area is 154 Å². The van der Waals surface area contributed by atoms with Crippen molar-refractivity contribution in [3.63, 3.8) is 0 Å². The van der Waals surface area contributed by atoms with Crippen molar-refractivity contribution in [2.24, 2.45) is 5.73 Å². The molecule has 1 aliphatic heterocycles. The van der Waals surface area contributed by atoms with Crippen LogP contribution in [0.15, 0.2) is 18.2 Å². The summed E-state index contributed by atoms with van der Waals surface area (Å²) in [6, 6.07) is 6.38. The molecule has 1 unspecified atom stereocenters. The van der Waals surface area contributed by atoms with Crippen molar-refractivity contribution < 1.29 is 0 Å². The van der Waals surface area contributed by atoms with Crippen molar-refractivity contribution in [1.29, 1.82) is 0 Å². The number of alkyl halides is 3. The second-order valence-corrected chi connectivity index (χ2v) is 8.87. The monoisotopic (exact) mass is 383 g/mol. The van der Waals surface area contributed by atoms with Gasteiger partial charge >= 0.3 is 0 Å². The highest BCUT2D eigenvalue weighted by molar-refractivity contribution is 6.66. The SMILES string of the molecule is NC12CCCc3cc(cc(c3)-c3nc(nc(C(Cl)(Cl)Cl)n3)NC1)C2. The largest absolute Gasteiger partial charge is 0.352 e. The molecule has 3 N–H and O–H groups in total. The molecule has 4 rings (SSSR count). The number of nitrogens with two attached hydrogens (primary N) is 1. The van der Waals surface area contributed by atoms with Crippen molar-refractivity contribution in [1.82, 2.24) is 15.0 Å². The first-order valence-corrected chi connectivity index (χ1v) is 8.93. The standard InChI is InChI=1S/C16H16Cl3N5/c17-16(18,19)13-22-12-11-5-9-2-1-3-15(20,7-10(4-9)6-11)8-21-14(23-12)24-13/h4-6H,1-3,7-8,20H2,(H,21,22,23,24). The third kappa shape index (κ3) is 3.18. The van der Waals surface area contributed by atoms with Crippen LogP contribution in [0.25, 0.3) is 11.4 Å². The minimum Gasteiger partial charge on any atom is -0.352 e. The molecular weight excluding hydrogens is 369 g/mol. The predicted molar refractivity (Wildman–Crippen MR) is 96.6 cm³/mol. The molecule has 0 saturated carbocycles. The number of halogens is 3. The van der Waals surface area contributed by atoms with Gasteiger partial charge < -0.3 is 11.1 Å². The van der Waals surface area contributed by atoms with Gasteiger partial charge in [-0.2, -0.15) is 9.97 Å². The molecule has 1 aromatic heterocycles. The van der Waals surface area contributed by atoms with Gasteiger partial charge in [0.25, 0.3) is 0 Å². The third-order valence-corrected chi connectivity index (χ3v) is 5.00. The number of anilines is 1. The molecule has 2 aromatic rings. The summed E-state index contributed by atoms with van der Waals surface area (Å²) in [5, 5.41) is 3.21. The van der Waals surface area contributed by atoms with Gasteiger partial charge in [0, 0.05) is 17.6 Å². The second kappa shape index (κ2) is 5.70. The van der Waals surface area contributed by atoms with Crippen LogP contribution in [0.1, 0.15) is 29.8 Å². The van der Waals surface area contributed by atoms with E-state index in [1.54, 1.807) is 0 Å². The molecule has 1 atom stereocenters. The van der Waals surface area contributed by atoms with E-state index in [9.17, 15) is 0 Å². The predicted octanol–water partition coefficient (Wildman–Crippen LogP) is 3.37. The number of fused-ring (bicyclic) bond motifs is 6. The average molecular weight is 385 g/mol. The Balaban J connectivity index is 1.95. The summed E-state index contributed by atoms with van der Waals surface area (Å²) in [5.74, 6) is 0.986. The number of benzene rings is 1. The highest BCUT2D eigenvalue weighted by Crippen LogP contribution is 2.37. The van der Waals surface area contributed by atoms with Gasteiger partial charge in [0.1, 0.15) is 0 Å². The van der Waals surface area contributed by atoms with Gasteiger partial charge in [0.15, 0.2) is 11.6 Å². The molecule has 126 valence electrons. The van der Waals surface area contributed by atoms with Crippen molar-refractivity contribution >= 4 is 40.8 Å². The van der Waals surface area contributed by atoms with Crippen LogP contribution in [0, 0.1) is 0 Å². The summed E-state index contributed by atoms with van der Waals surface area (Å²) in [7, 11) is 0. The van der Waals surface area contributed by atoms with Crippen LogP contribution < -0.4 is 11.1 Å². The fourth-order valence-corrected chi connectivity index (χ4v) is 3.65. The van der Waals surface area contributed by atoms with Crippen LogP contribution >= 0.6 is 34.8 Å². The minimum absolute atomic E-state index is 0.104. The molecule has 2 heterocycles. The molecule has 5 nitrogen and oxygen atoms in total. The zero-order valence-corrected chi connectivity index (χ0v) is 15.1.